The number of rotatable bonds is 4. The lowest BCUT2D eigenvalue weighted by Gasteiger charge is -2.06. The molecule has 0 aliphatic heterocycles. The van der Waals surface area contributed by atoms with E-state index in [9.17, 15) is 4.79 Å². The van der Waals surface area contributed by atoms with Gasteiger partial charge < -0.3 is 5.32 Å². The summed E-state index contributed by atoms with van der Waals surface area (Å²) in [4.78, 5) is 15.4. The first-order chi connectivity index (χ1) is 7.09. The van der Waals surface area contributed by atoms with Crippen LogP contribution in [-0.4, -0.2) is 10.9 Å². The van der Waals surface area contributed by atoms with E-state index in [0.29, 0.717) is 23.2 Å². The van der Waals surface area contributed by atoms with E-state index in [2.05, 4.69) is 24.1 Å². The molecule has 0 saturated heterocycles. The average molecular weight is 227 g/mol. The molecule has 0 unspecified atom stereocenters. The highest BCUT2D eigenvalue weighted by molar-refractivity contribution is 6.33. The van der Waals surface area contributed by atoms with Gasteiger partial charge in [-0.1, -0.05) is 25.4 Å². The number of amides is 1. The minimum Gasteiger partial charge on any atom is -0.309 e. The Morgan fingerprint density at radius 2 is 2.33 bits per heavy atom. The van der Waals surface area contributed by atoms with Crippen LogP contribution in [0.1, 0.15) is 26.7 Å². The molecule has 1 aromatic heterocycles. The van der Waals surface area contributed by atoms with Crippen LogP contribution in [-0.2, 0) is 4.79 Å². The van der Waals surface area contributed by atoms with E-state index in [1.54, 1.807) is 18.3 Å². The van der Waals surface area contributed by atoms with Crippen molar-refractivity contribution in [2.75, 3.05) is 5.32 Å². The lowest BCUT2D eigenvalue weighted by atomic mass is 10.1. The fourth-order valence-electron chi connectivity index (χ4n) is 1.09. The van der Waals surface area contributed by atoms with Crippen molar-refractivity contribution in [3.05, 3.63) is 23.4 Å². The Hall–Kier alpha value is -1.09. The summed E-state index contributed by atoms with van der Waals surface area (Å²) in [5.41, 5.74) is 0. The summed E-state index contributed by atoms with van der Waals surface area (Å²) in [5.74, 6) is 0.923. The molecule has 15 heavy (non-hydrogen) atoms. The van der Waals surface area contributed by atoms with Crippen molar-refractivity contribution in [1.82, 2.24) is 4.98 Å². The molecule has 3 nitrogen and oxygen atoms in total. The molecule has 1 heterocycles. The van der Waals surface area contributed by atoms with E-state index in [0.717, 1.165) is 6.42 Å². The Labute approximate surface area is 94.9 Å². The number of nitrogens with zero attached hydrogens (tertiary/aromatic N) is 1. The fraction of sp³-hybridized carbons (Fsp3) is 0.455. The molecule has 0 aliphatic carbocycles. The number of hydrogen-bond acceptors (Lipinski definition) is 2. The van der Waals surface area contributed by atoms with Gasteiger partial charge in [0.25, 0.3) is 0 Å². The van der Waals surface area contributed by atoms with Crippen LogP contribution in [0.2, 0.25) is 5.02 Å². The van der Waals surface area contributed by atoms with E-state index >= 15 is 0 Å². The third kappa shape index (κ3) is 4.30. The highest BCUT2D eigenvalue weighted by Gasteiger charge is 2.06. The fourth-order valence-corrected chi connectivity index (χ4v) is 1.26. The third-order valence-corrected chi connectivity index (χ3v) is 2.27. The van der Waals surface area contributed by atoms with Crippen LogP contribution in [0.3, 0.4) is 0 Å². The van der Waals surface area contributed by atoms with Crippen molar-refractivity contribution in [3.63, 3.8) is 0 Å². The van der Waals surface area contributed by atoms with Gasteiger partial charge in [0, 0.05) is 12.6 Å². The minimum absolute atomic E-state index is 0.0377. The standard InChI is InChI=1S/C11H15ClN2O/c1-8(2)5-6-10(15)14-11-9(12)4-3-7-13-11/h3-4,7-8H,5-6H2,1-2H3,(H,13,14,15). The highest BCUT2D eigenvalue weighted by Crippen LogP contribution is 2.17. The smallest absolute Gasteiger partial charge is 0.225 e. The van der Waals surface area contributed by atoms with Gasteiger partial charge in [-0.2, -0.15) is 0 Å². The van der Waals surface area contributed by atoms with Gasteiger partial charge in [-0.05, 0) is 24.5 Å². The SMILES string of the molecule is CC(C)CCC(=O)Nc1ncccc1Cl. The van der Waals surface area contributed by atoms with Crippen molar-refractivity contribution in [2.45, 2.75) is 26.7 Å². The molecule has 1 N–H and O–H groups in total. The summed E-state index contributed by atoms with van der Waals surface area (Å²) in [6.45, 7) is 4.17. The van der Waals surface area contributed by atoms with E-state index in [-0.39, 0.29) is 5.91 Å². The summed E-state index contributed by atoms with van der Waals surface area (Å²) in [5, 5.41) is 3.15. The zero-order valence-electron chi connectivity index (χ0n) is 8.96. The Kier molecular flexibility index (Phi) is 4.56. The molecule has 0 aliphatic rings. The number of carbonyl (C=O) groups is 1. The van der Waals surface area contributed by atoms with Gasteiger partial charge in [-0.3, -0.25) is 4.79 Å². The van der Waals surface area contributed by atoms with Crippen molar-refractivity contribution in [3.8, 4) is 0 Å². The Balaban J connectivity index is 2.48. The predicted octanol–water partition coefficient (Wildman–Crippen LogP) is 3.11. The molecule has 0 aromatic carbocycles. The highest BCUT2D eigenvalue weighted by atomic mass is 35.5. The minimum atomic E-state index is -0.0377. The molecule has 1 amide bonds. The van der Waals surface area contributed by atoms with Gasteiger partial charge in [0.15, 0.2) is 5.82 Å². The number of carbonyl (C=O) groups excluding carboxylic acids is 1. The molecular formula is C11H15ClN2O. The zero-order valence-corrected chi connectivity index (χ0v) is 9.71. The van der Waals surface area contributed by atoms with Crippen molar-refractivity contribution < 1.29 is 4.79 Å². The Morgan fingerprint density at radius 1 is 1.60 bits per heavy atom. The molecule has 1 rings (SSSR count). The molecule has 1 aromatic rings. The van der Waals surface area contributed by atoms with Crippen molar-refractivity contribution in [1.29, 1.82) is 0 Å². The number of aromatic nitrogens is 1. The molecule has 0 fully saturated rings. The molecular weight excluding hydrogens is 212 g/mol. The predicted molar refractivity (Wildman–Crippen MR) is 61.9 cm³/mol. The second-order valence-electron chi connectivity index (χ2n) is 3.81. The van der Waals surface area contributed by atoms with Gasteiger partial charge >= 0.3 is 0 Å². The van der Waals surface area contributed by atoms with Crippen LogP contribution in [0.5, 0.6) is 0 Å². The molecule has 0 radical (unpaired) electrons. The quantitative estimate of drug-likeness (QED) is 0.857. The van der Waals surface area contributed by atoms with Crippen molar-refractivity contribution in [2.24, 2.45) is 5.92 Å². The van der Waals surface area contributed by atoms with Crippen molar-refractivity contribution >= 4 is 23.3 Å². The van der Waals surface area contributed by atoms with Crippen LogP contribution in [0.25, 0.3) is 0 Å². The molecule has 82 valence electrons. The summed E-state index contributed by atoms with van der Waals surface area (Å²) in [6.07, 6.45) is 2.98. The van der Waals surface area contributed by atoms with E-state index in [1.807, 2.05) is 0 Å². The summed E-state index contributed by atoms with van der Waals surface area (Å²) >= 11 is 5.85. The van der Waals surface area contributed by atoms with E-state index in [1.165, 1.54) is 0 Å². The molecule has 0 bridgehead atoms. The third-order valence-electron chi connectivity index (χ3n) is 1.97. The number of nitrogens with one attached hydrogen (secondary N) is 1. The van der Waals surface area contributed by atoms with Crippen LogP contribution in [0.15, 0.2) is 18.3 Å². The topological polar surface area (TPSA) is 42.0 Å². The second-order valence-corrected chi connectivity index (χ2v) is 4.22. The number of hydrogen-bond donors (Lipinski definition) is 1. The first-order valence-electron chi connectivity index (χ1n) is 5.00. The molecule has 0 atom stereocenters. The zero-order chi connectivity index (χ0) is 11.3. The van der Waals surface area contributed by atoms with Gasteiger partial charge in [0.2, 0.25) is 5.91 Å². The molecule has 4 heteroatoms. The lowest BCUT2D eigenvalue weighted by molar-refractivity contribution is -0.116. The van der Waals surface area contributed by atoms with Crippen LogP contribution >= 0.6 is 11.6 Å². The van der Waals surface area contributed by atoms with E-state index in [4.69, 9.17) is 11.6 Å². The average Bonchev–Trinajstić information content (AvgIpc) is 2.18. The summed E-state index contributed by atoms with van der Waals surface area (Å²) in [6, 6.07) is 3.43. The maximum absolute atomic E-state index is 11.5. The number of pyridine rings is 1. The normalized spacial score (nSPS) is 10.4. The summed E-state index contributed by atoms with van der Waals surface area (Å²) in [7, 11) is 0. The van der Waals surface area contributed by atoms with Gasteiger partial charge in [-0.25, -0.2) is 4.98 Å². The van der Waals surface area contributed by atoms with Gasteiger partial charge in [-0.15, -0.1) is 0 Å². The first-order valence-corrected chi connectivity index (χ1v) is 5.37. The number of anilines is 1. The lowest BCUT2D eigenvalue weighted by Crippen LogP contribution is -2.13. The van der Waals surface area contributed by atoms with Gasteiger partial charge in [0.05, 0.1) is 5.02 Å². The van der Waals surface area contributed by atoms with Crippen LogP contribution in [0.4, 0.5) is 5.82 Å². The molecule has 0 spiro atoms. The monoisotopic (exact) mass is 226 g/mol. The van der Waals surface area contributed by atoms with Crippen LogP contribution in [0, 0.1) is 5.92 Å². The Bertz CT molecular complexity index is 339. The first kappa shape index (κ1) is 12.0. The Morgan fingerprint density at radius 3 is 2.93 bits per heavy atom. The summed E-state index contributed by atoms with van der Waals surface area (Å²) < 4.78 is 0. The van der Waals surface area contributed by atoms with Crippen LogP contribution < -0.4 is 5.32 Å². The second kappa shape index (κ2) is 5.71. The molecule has 0 saturated carbocycles. The van der Waals surface area contributed by atoms with E-state index < -0.39 is 0 Å². The van der Waals surface area contributed by atoms with Gasteiger partial charge in [0.1, 0.15) is 0 Å². The largest absolute Gasteiger partial charge is 0.309 e. The number of halogens is 1. The maximum Gasteiger partial charge on any atom is 0.225 e. The maximum atomic E-state index is 11.5.